The third-order valence-corrected chi connectivity index (χ3v) is 10.7. The van der Waals surface area contributed by atoms with Crippen molar-refractivity contribution in [1.29, 1.82) is 5.26 Å². The molecule has 5 fully saturated rings. The van der Waals surface area contributed by atoms with Crippen LogP contribution in [0.1, 0.15) is 49.7 Å². The number of ether oxygens (including phenoxy) is 3. The van der Waals surface area contributed by atoms with E-state index in [1.807, 2.05) is 30.7 Å². The van der Waals surface area contributed by atoms with E-state index in [9.17, 15) is 5.26 Å². The zero-order valence-corrected chi connectivity index (χ0v) is 27.0. The highest BCUT2D eigenvalue weighted by molar-refractivity contribution is 5.85. The Kier molecular flexibility index (Phi) is 8.17. The maximum absolute atomic E-state index is 9.85. The van der Waals surface area contributed by atoms with Gasteiger partial charge in [0.1, 0.15) is 17.6 Å². The molecule has 11 nitrogen and oxygen atoms in total. The van der Waals surface area contributed by atoms with E-state index in [-0.39, 0.29) is 5.60 Å². The van der Waals surface area contributed by atoms with Gasteiger partial charge in [0.15, 0.2) is 0 Å². The Labute approximate surface area is 275 Å². The monoisotopic (exact) mass is 634 g/mol. The molecule has 4 aromatic rings. The highest BCUT2D eigenvalue weighted by Crippen LogP contribution is 2.39. The zero-order valence-electron chi connectivity index (χ0n) is 27.0. The van der Waals surface area contributed by atoms with Crippen molar-refractivity contribution in [2.75, 3.05) is 51.4 Å². The Balaban J connectivity index is 0.939. The normalized spacial score (nSPS) is 23.7. The molecular formula is C36H42N8O3. The van der Waals surface area contributed by atoms with Gasteiger partial charge in [-0.3, -0.25) is 4.90 Å². The van der Waals surface area contributed by atoms with Gasteiger partial charge in [0.2, 0.25) is 5.88 Å². The molecule has 0 aliphatic carbocycles. The Morgan fingerprint density at radius 2 is 1.96 bits per heavy atom. The standard InChI is InChI=1S/C36H42N8O3/c1-45-34-5-2-26(18-40-34)21-43-29-14-30(43)23-42(22-29)33-4-3-27(19-39-33)32-15-31(24-44-35(32)28(17-37)20-41-44)46-12-6-25-7-13-47-36(16-25)8-10-38-11-9-36/h2-5,15,18-20,24-25,29-30,38H,6-14,16,21-23H2,1H3. The summed E-state index contributed by atoms with van der Waals surface area (Å²) >= 11 is 0. The lowest BCUT2D eigenvalue weighted by molar-refractivity contribution is -0.115. The fourth-order valence-corrected chi connectivity index (χ4v) is 8.13. The maximum Gasteiger partial charge on any atom is 0.212 e. The van der Waals surface area contributed by atoms with Crippen LogP contribution in [0, 0.1) is 17.2 Å². The fraction of sp³-hybridized carbons (Fsp3) is 0.500. The molecule has 0 aromatic carbocycles. The predicted molar refractivity (Wildman–Crippen MR) is 177 cm³/mol. The summed E-state index contributed by atoms with van der Waals surface area (Å²) in [4.78, 5) is 14.3. The van der Waals surface area contributed by atoms with E-state index >= 15 is 0 Å². The molecule has 1 N–H and O–H groups in total. The van der Waals surface area contributed by atoms with Gasteiger partial charge in [-0.1, -0.05) is 6.07 Å². The second kappa shape index (κ2) is 12.8. The molecule has 0 saturated carbocycles. The molecule has 11 heteroatoms. The number of pyridine rings is 3. The fourth-order valence-electron chi connectivity index (χ4n) is 8.13. The van der Waals surface area contributed by atoms with E-state index in [4.69, 9.17) is 19.2 Å². The van der Waals surface area contributed by atoms with Gasteiger partial charge in [-0.15, -0.1) is 0 Å². The van der Waals surface area contributed by atoms with Crippen molar-refractivity contribution >= 4 is 11.3 Å². The summed E-state index contributed by atoms with van der Waals surface area (Å²) in [7, 11) is 1.64. The van der Waals surface area contributed by atoms with Crippen LogP contribution in [0.2, 0.25) is 0 Å². The first-order chi connectivity index (χ1) is 23.1. The van der Waals surface area contributed by atoms with Gasteiger partial charge in [-0.05, 0) is 81.3 Å². The van der Waals surface area contributed by atoms with Crippen LogP contribution in [0.4, 0.5) is 5.82 Å². The van der Waals surface area contributed by atoms with Crippen molar-refractivity contribution in [3.8, 4) is 28.8 Å². The molecular weight excluding hydrogens is 592 g/mol. The Morgan fingerprint density at radius 1 is 1.09 bits per heavy atom. The summed E-state index contributed by atoms with van der Waals surface area (Å²) in [5.74, 6) is 2.97. The maximum atomic E-state index is 9.85. The van der Waals surface area contributed by atoms with E-state index in [0.29, 0.717) is 36.1 Å². The molecule has 5 aliphatic rings. The molecule has 0 radical (unpaired) electrons. The van der Waals surface area contributed by atoms with Crippen LogP contribution < -0.4 is 19.7 Å². The van der Waals surface area contributed by atoms with Crippen molar-refractivity contribution in [2.24, 2.45) is 5.92 Å². The van der Waals surface area contributed by atoms with Gasteiger partial charge in [0, 0.05) is 67.9 Å². The van der Waals surface area contributed by atoms with E-state index in [1.54, 1.807) is 17.8 Å². The number of hydrogen-bond acceptors (Lipinski definition) is 10. The van der Waals surface area contributed by atoms with Crippen LogP contribution in [0.15, 0.2) is 55.1 Å². The van der Waals surface area contributed by atoms with Gasteiger partial charge in [0.25, 0.3) is 0 Å². The number of hydrogen-bond donors (Lipinski definition) is 1. The van der Waals surface area contributed by atoms with E-state index < -0.39 is 0 Å². The quantitative estimate of drug-likeness (QED) is 0.283. The second-order valence-corrected chi connectivity index (χ2v) is 13.6. The number of nitrogens with zero attached hydrogens (tertiary/aromatic N) is 7. The Bertz CT molecular complexity index is 1730. The van der Waals surface area contributed by atoms with Gasteiger partial charge >= 0.3 is 0 Å². The van der Waals surface area contributed by atoms with Crippen LogP contribution in [-0.2, 0) is 11.3 Å². The summed E-state index contributed by atoms with van der Waals surface area (Å²) in [6.07, 6.45) is 13.9. The molecule has 2 bridgehead atoms. The highest BCUT2D eigenvalue weighted by atomic mass is 16.5. The molecule has 9 rings (SSSR count). The first-order valence-electron chi connectivity index (χ1n) is 16.9. The Morgan fingerprint density at radius 3 is 2.70 bits per heavy atom. The number of anilines is 1. The van der Waals surface area contributed by atoms with Gasteiger partial charge in [-0.2, -0.15) is 10.4 Å². The average Bonchev–Trinajstić information content (AvgIpc) is 3.54. The molecule has 3 unspecified atom stereocenters. The predicted octanol–water partition coefficient (Wildman–Crippen LogP) is 4.45. The second-order valence-electron chi connectivity index (χ2n) is 13.6. The molecule has 0 amide bonds. The number of fused-ring (bicyclic) bond motifs is 3. The number of nitrogens with one attached hydrogen (secondary N) is 1. The molecule has 5 saturated heterocycles. The number of methoxy groups -OCH3 is 1. The molecule has 9 heterocycles. The lowest BCUT2D eigenvalue weighted by Gasteiger charge is -2.56. The first kappa shape index (κ1) is 30.1. The van der Waals surface area contributed by atoms with Crippen molar-refractivity contribution in [1.82, 2.24) is 29.8 Å². The average molecular weight is 635 g/mol. The first-order valence-corrected chi connectivity index (χ1v) is 16.9. The van der Waals surface area contributed by atoms with Gasteiger partial charge in [-0.25, -0.2) is 14.5 Å². The number of piperazine rings is 1. The summed E-state index contributed by atoms with van der Waals surface area (Å²) in [5.41, 5.74) is 4.40. The smallest absolute Gasteiger partial charge is 0.212 e. The third kappa shape index (κ3) is 6.02. The Hall–Kier alpha value is -4.24. The topological polar surface area (TPSA) is 113 Å². The van der Waals surface area contributed by atoms with Gasteiger partial charge < -0.3 is 24.4 Å². The lowest BCUT2D eigenvalue weighted by Crippen LogP contribution is -2.68. The summed E-state index contributed by atoms with van der Waals surface area (Å²) in [5, 5.41) is 17.8. The molecule has 4 aromatic heterocycles. The SMILES string of the molecule is COc1ccc(CN2C3CC2CN(c2ccc(-c4cc(OCCC5CCOC6(CCNCC6)C5)cn5ncc(C#N)c45)cn2)C3)cn1. The van der Waals surface area contributed by atoms with Crippen molar-refractivity contribution in [3.05, 3.63) is 66.2 Å². The van der Waals surface area contributed by atoms with E-state index in [1.165, 1.54) is 12.0 Å². The van der Waals surface area contributed by atoms with Crippen LogP contribution >= 0.6 is 0 Å². The molecule has 47 heavy (non-hydrogen) atoms. The van der Waals surface area contributed by atoms with Crippen LogP contribution in [0.3, 0.4) is 0 Å². The summed E-state index contributed by atoms with van der Waals surface area (Å²) < 4.78 is 19.6. The molecule has 1 spiro atoms. The molecule has 3 atom stereocenters. The van der Waals surface area contributed by atoms with Crippen molar-refractivity contribution in [3.63, 3.8) is 0 Å². The van der Waals surface area contributed by atoms with Crippen LogP contribution in [-0.4, -0.2) is 88.7 Å². The van der Waals surface area contributed by atoms with Crippen LogP contribution in [0.5, 0.6) is 11.6 Å². The zero-order chi connectivity index (χ0) is 31.8. The van der Waals surface area contributed by atoms with E-state index in [2.05, 4.69) is 49.5 Å². The number of piperidine rings is 2. The minimum absolute atomic E-state index is 0.0468. The molecule has 244 valence electrons. The van der Waals surface area contributed by atoms with Gasteiger partial charge in [0.05, 0.1) is 42.8 Å². The largest absolute Gasteiger partial charge is 0.492 e. The lowest BCUT2D eigenvalue weighted by atomic mass is 9.79. The molecule has 5 aliphatic heterocycles. The number of rotatable bonds is 9. The number of aromatic nitrogens is 4. The van der Waals surface area contributed by atoms with Crippen molar-refractivity contribution in [2.45, 2.75) is 62.8 Å². The van der Waals surface area contributed by atoms with Crippen LogP contribution in [0.25, 0.3) is 16.6 Å². The highest BCUT2D eigenvalue weighted by Gasteiger charge is 2.44. The number of nitriles is 1. The summed E-state index contributed by atoms with van der Waals surface area (Å²) in [6, 6.07) is 13.6. The van der Waals surface area contributed by atoms with E-state index in [0.717, 1.165) is 99.6 Å². The van der Waals surface area contributed by atoms with Crippen molar-refractivity contribution < 1.29 is 14.2 Å². The minimum atomic E-state index is 0.0468. The minimum Gasteiger partial charge on any atom is -0.492 e. The third-order valence-electron chi connectivity index (χ3n) is 10.7. The summed E-state index contributed by atoms with van der Waals surface area (Å²) in [6.45, 7) is 6.36.